The summed E-state index contributed by atoms with van der Waals surface area (Å²) in [6.45, 7) is 2.17. The van der Waals surface area contributed by atoms with Crippen LogP contribution >= 0.6 is 19.4 Å². The molecule has 0 radical (unpaired) electrons. The number of benzene rings is 2. The Hall–Kier alpha value is -3.80. The third kappa shape index (κ3) is 5.64. The van der Waals surface area contributed by atoms with Crippen LogP contribution < -0.4 is 10.6 Å². The molecule has 10 nitrogen and oxygen atoms in total. The van der Waals surface area contributed by atoms with E-state index >= 15 is 0 Å². The lowest BCUT2D eigenvalue weighted by Crippen LogP contribution is -2.54. The first-order valence-electron chi connectivity index (χ1n) is 14.0. The van der Waals surface area contributed by atoms with Gasteiger partial charge in [0, 0.05) is 17.3 Å². The quantitative estimate of drug-likeness (QED) is 0.216. The SMILES string of the molecule is Cc1nc2ccc(CNC(=O)[C@@H]3CC[C@@H]4CCC[C@H](NC(=O)c5cc6cc(C(F)(F)[P+](=O)O)ccc6s5)C(=O)N43)cc2[nH]1. The van der Waals surface area contributed by atoms with Gasteiger partial charge >= 0.3 is 13.7 Å². The average molecular weight is 629 g/mol. The van der Waals surface area contributed by atoms with Crippen LogP contribution in [0.4, 0.5) is 8.78 Å². The summed E-state index contributed by atoms with van der Waals surface area (Å²) in [6, 6.07) is 9.12. The van der Waals surface area contributed by atoms with E-state index in [-0.39, 0.29) is 22.7 Å². The highest BCUT2D eigenvalue weighted by molar-refractivity contribution is 7.39. The molecule has 4 aromatic rings. The fourth-order valence-electron chi connectivity index (χ4n) is 6.04. The van der Waals surface area contributed by atoms with Gasteiger partial charge in [-0.15, -0.1) is 20.1 Å². The van der Waals surface area contributed by atoms with E-state index in [0.29, 0.717) is 42.3 Å². The monoisotopic (exact) mass is 628 g/mol. The fraction of sp³-hybridized carbons (Fsp3) is 0.379. The number of aromatic nitrogens is 2. The Morgan fingerprint density at radius 1 is 1.16 bits per heavy atom. The molecule has 2 aromatic heterocycles. The highest BCUT2D eigenvalue weighted by Gasteiger charge is 2.53. The molecule has 2 saturated heterocycles. The number of thiophene rings is 1. The minimum Gasteiger partial charge on any atom is -0.350 e. The van der Waals surface area contributed by atoms with Gasteiger partial charge in [-0.25, -0.2) is 4.98 Å². The van der Waals surface area contributed by atoms with Gasteiger partial charge < -0.3 is 20.5 Å². The lowest BCUT2D eigenvalue weighted by atomic mass is 10.1. The van der Waals surface area contributed by atoms with Gasteiger partial charge in [0.25, 0.3) is 5.91 Å². The van der Waals surface area contributed by atoms with Crippen molar-refractivity contribution in [3.05, 3.63) is 64.3 Å². The van der Waals surface area contributed by atoms with Crippen molar-refractivity contribution in [1.82, 2.24) is 25.5 Å². The summed E-state index contributed by atoms with van der Waals surface area (Å²) in [5.41, 5.74) is -1.91. The van der Waals surface area contributed by atoms with Crippen molar-refractivity contribution < 1.29 is 32.6 Å². The number of hydrogen-bond donors (Lipinski definition) is 4. The van der Waals surface area contributed by atoms with Gasteiger partial charge in [0.2, 0.25) is 11.8 Å². The molecule has 0 bridgehead atoms. The zero-order valence-corrected chi connectivity index (χ0v) is 24.8. The van der Waals surface area contributed by atoms with E-state index in [1.807, 2.05) is 25.1 Å². The first-order chi connectivity index (χ1) is 20.5. The number of rotatable bonds is 7. The maximum Gasteiger partial charge on any atom is 0.589 e. The molecule has 2 aromatic carbocycles. The van der Waals surface area contributed by atoms with Gasteiger partial charge in [-0.2, -0.15) is 4.89 Å². The molecule has 2 aliphatic rings. The number of hydrogen-bond acceptors (Lipinski definition) is 6. The zero-order valence-electron chi connectivity index (χ0n) is 23.1. The first kappa shape index (κ1) is 29.3. The van der Waals surface area contributed by atoms with Crippen LogP contribution in [0.15, 0.2) is 42.5 Å². The Morgan fingerprint density at radius 2 is 1.98 bits per heavy atom. The molecule has 1 unspecified atom stereocenters. The number of amides is 3. The number of carbonyl (C=O) groups excluding carboxylic acids is 3. The summed E-state index contributed by atoms with van der Waals surface area (Å²) >= 11 is 1.07. The smallest absolute Gasteiger partial charge is 0.350 e. The summed E-state index contributed by atoms with van der Waals surface area (Å²) in [7, 11) is -3.77. The number of nitrogens with zero attached hydrogens (tertiary/aromatic N) is 2. The van der Waals surface area contributed by atoms with E-state index in [9.17, 15) is 27.7 Å². The molecule has 14 heteroatoms. The minimum atomic E-state index is -3.91. The van der Waals surface area contributed by atoms with Gasteiger partial charge in [-0.3, -0.25) is 14.4 Å². The number of aromatic amines is 1. The predicted octanol–water partition coefficient (Wildman–Crippen LogP) is 4.83. The Kier molecular flexibility index (Phi) is 7.74. The molecule has 6 rings (SSSR count). The highest BCUT2D eigenvalue weighted by atomic mass is 32.1. The molecule has 0 saturated carbocycles. The van der Waals surface area contributed by atoms with E-state index in [2.05, 4.69) is 20.6 Å². The average Bonchev–Trinajstić information content (AvgIpc) is 3.67. The van der Waals surface area contributed by atoms with Crippen LogP contribution in [0.5, 0.6) is 0 Å². The number of aryl methyl sites for hydroxylation is 1. The van der Waals surface area contributed by atoms with Crippen LogP contribution in [0, 0.1) is 6.92 Å². The standard InChI is InChI=1S/C29H28F2N5O5PS/c1-15-33-20-8-5-16(11-22(20)34-15)14-32-26(37)23-9-7-19-3-2-4-21(28(39)36(19)23)35-27(38)25-13-17-12-18(6-10-24(17)43-25)29(30,31)42(40)41/h5-6,8,10-13,19,21,23H,2-4,7,9,14H2,1H3,(H3-,32,33,34,35,37,38,40,41)/p+1/t19-,21-,23-/m0/s1. The Labute approximate surface area is 249 Å². The van der Waals surface area contributed by atoms with Crippen molar-refractivity contribution in [2.75, 3.05) is 0 Å². The lowest BCUT2D eigenvalue weighted by Gasteiger charge is -2.30. The van der Waals surface area contributed by atoms with E-state index < -0.39 is 37.2 Å². The third-order valence-electron chi connectivity index (χ3n) is 8.15. The van der Waals surface area contributed by atoms with Gasteiger partial charge in [-0.1, -0.05) is 6.07 Å². The summed E-state index contributed by atoms with van der Waals surface area (Å²) in [5, 5.41) is 6.09. The normalized spacial score (nSPS) is 21.1. The van der Waals surface area contributed by atoms with Gasteiger partial charge in [0.15, 0.2) is 0 Å². The molecule has 4 heterocycles. The fourth-order valence-corrected chi connectivity index (χ4v) is 7.34. The maximum absolute atomic E-state index is 14.1. The van der Waals surface area contributed by atoms with Crippen molar-refractivity contribution >= 4 is 58.2 Å². The maximum atomic E-state index is 14.1. The summed E-state index contributed by atoms with van der Waals surface area (Å²) in [4.78, 5) is 58.6. The van der Waals surface area contributed by atoms with Gasteiger partial charge in [-0.05, 0) is 90.9 Å². The molecule has 4 N–H and O–H groups in total. The number of alkyl halides is 2. The Bertz CT molecular complexity index is 1770. The van der Waals surface area contributed by atoms with Crippen LogP contribution in [-0.4, -0.2) is 55.6 Å². The Balaban J connectivity index is 1.14. The second kappa shape index (κ2) is 11.4. The largest absolute Gasteiger partial charge is 0.589 e. The van der Waals surface area contributed by atoms with Crippen molar-refractivity contribution in [2.45, 2.75) is 69.4 Å². The molecule has 3 amide bonds. The number of nitrogens with one attached hydrogen (secondary N) is 3. The van der Waals surface area contributed by atoms with Crippen LogP contribution in [-0.2, 0) is 26.4 Å². The molecule has 0 aliphatic carbocycles. The van der Waals surface area contributed by atoms with E-state index in [0.717, 1.165) is 52.3 Å². The first-order valence-corrected chi connectivity index (χ1v) is 16.0. The number of imidazole rings is 1. The highest BCUT2D eigenvalue weighted by Crippen LogP contribution is 2.48. The molecule has 2 fully saturated rings. The van der Waals surface area contributed by atoms with Crippen molar-refractivity contribution in [3.8, 4) is 0 Å². The van der Waals surface area contributed by atoms with Crippen LogP contribution in [0.1, 0.15) is 58.7 Å². The van der Waals surface area contributed by atoms with Crippen molar-refractivity contribution in [2.24, 2.45) is 0 Å². The van der Waals surface area contributed by atoms with Crippen LogP contribution in [0.2, 0.25) is 0 Å². The molecular weight excluding hydrogens is 599 g/mol. The summed E-state index contributed by atoms with van der Waals surface area (Å²) in [6.07, 6.45) is 3.07. The second-order valence-corrected chi connectivity index (χ2v) is 13.2. The van der Waals surface area contributed by atoms with Gasteiger partial charge in [0.1, 0.15) is 17.9 Å². The number of H-pyrrole nitrogens is 1. The lowest BCUT2D eigenvalue weighted by molar-refractivity contribution is -0.141. The topological polar surface area (TPSA) is 144 Å². The van der Waals surface area contributed by atoms with Crippen molar-refractivity contribution in [3.63, 3.8) is 0 Å². The molecule has 0 spiro atoms. The molecule has 4 atom stereocenters. The van der Waals surface area contributed by atoms with Crippen LogP contribution in [0.3, 0.4) is 0 Å². The molecular formula is C29H29F2N5O5PS+. The Morgan fingerprint density at radius 3 is 2.77 bits per heavy atom. The number of halogens is 2. The van der Waals surface area contributed by atoms with Gasteiger partial charge in [0.05, 0.1) is 21.5 Å². The van der Waals surface area contributed by atoms with Crippen molar-refractivity contribution in [1.29, 1.82) is 0 Å². The molecule has 224 valence electrons. The molecule has 43 heavy (non-hydrogen) atoms. The van der Waals surface area contributed by atoms with E-state index in [1.165, 1.54) is 12.1 Å². The summed E-state index contributed by atoms with van der Waals surface area (Å²) < 4.78 is 39.8. The number of carbonyl (C=O) groups is 3. The number of fused-ring (bicyclic) bond motifs is 3. The molecule has 2 aliphatic heterocycles. The van der Waals surface area contributed by atoms with E-state index in [4.69, 9.17) is 4.89 Å². The second-order valence-electron chi connectivity index (χ2n) is 11.0. The predicted molar refractivity (Wildman–Crippen MR) is 157 cm³/mol. The van der Waals surface area contributed by atoms with E-state index in [1.54, 1.807) is 4.90 Å². The van der Waals surface area contributed by atoms with Crippen LogP contribution in [0.25, 0.3) is 21.1 Å². The summed E-state index contributed by atoms with van der Waals surface area (Å²) in [5.74, 6) is -0.273. The third-order valence-corrected chi connectivity index (χ3v) is 10.0. The minimum absolute atomic E-state index is 0.0862. The zero-order chi connectivity index (χ0) is 30.5.